The zero-order chi connectivity index (χ0) is 21.3. The number of nitrogens with zero attached hydrogens (tertiary/aromatic N) is 2. The molecule has 156 valence electrons. The molecule has 1 heterocycles. The van der Waals surface area contributed by atoms with E-state index in [1.807, 2.05) is 20.8 Å². The van der Waals surface area contributed by atoms with Gasteiger partial charge in [-0.1, -0.05) is 6.07 Å². The van der Waals surface area contributed by atoms with Gasteiger partial charge in [0.15, 0.2) is 0 Å². The quantitative estimate of drug-likeness (QED) is 0.695. The second-order valence-electron chi connectivity index (χ2n) is 9.12. The second kappa shape index (κ2) is 7.97. The molecule has 1 saturated heterocycles. The number of aryl methyl sites for hydroxylation is 1. The summed E-state index contributed by atoms with van der Waals surface area (Å²) >= 11 is 0. The molecule has 1 atom stereocenters. The first-order chi connectivity index (χ1) is 12.8. The number of hydrogen-bond donors (Lipinski definition) is 0. The van der Waals surface area contributed by atoms with Crippen LogP contribution in [0.5, 0.6) is 0 Å². The first kappa shape index (κ1) is 22.0. The third-order valence-corrected chi connectivity index (χ3v) is 4.25. The molecule has 1 aromatic carbocycles. The zero-order valence-corrected chi connectivity index (χ0v) is 17.8. The highest BCUT2D eigenvalue weighted by Gasteiger charge is 2.37. The molecule has 0 N–H and O–H groups in total. The fourth-order valence-electron chi connectivity index (χ4n) is 3.09. The van der Waals surface area contributed by atoms with Crippen LogP contribution in [0.15, 0.2) is 18.2 Å². The predicted molar refractivity (Wildman–Crippen MR) is 105 cm³/mol. The molecule has 0 bridgehead atoms. The van der Waals surface area contributed by atoms with Gasteiger partial charge >= 0.3 is 12.2 Å². The van der Waals surface area contributed by atoms with Gasteiger partial charge in [-0.15, -0.1) is 0 Å². The van der Waals surface area contributed by atoms with Crippen LogP contribution >= 0.6 is 0 Å². The molecule has 0 aliphatic carbocycles. The lowest BCUT2D eigenvalue weighted by atomic mass is 9.98. The Hall–Kier alpha value is -2.31. The van der Waals surface area contributed by atoms with Gasteiger partial charge in [-0.05, 0) is 71.7 Å². The highest BCUT2D eigenvalue weighted by Crippen LogP contribution is 2.30. The van der Waals surface area contributed by atoms with Crippen molar-refractivity contribution in [2.75, 3.05) is 19.6 Å². The molecule has 1 unspecified atom stereocenters. The maximum absolute atomic E-state index is 13.6. The van der Waals surface area contributed by atoms with E-state index in [2.05, 4.69) is 0 Å². The maximum atomic E-state index is 13.6. The Morgan fingerprint density at radius 2 is 1.57 bits per heavy atom. The number of piperazine rings is 1. The first-order valence-electron chi connectivity index (χ1n) is 9.50. The van der Waals surface area contributed by atoms with Crippen molar-refractivity contribution in [3.63, 3.8) is 0 Å². The molecule has 6 nitrogen and oxygen atoms in total. The summed E-state index contributed by atoms with van der Waals surface area (Å²) in [5, 5.41) is 0. The van der Waals surface area contributed by atoms with Gasteiger partial charge in [0.2, 0.25) is 0 Å². The second-order valence-corrected chi connectivity index (χ2v) is 9.12. The van der Waals surface area contributed by atoms with Gasteiger partial charge in [-0.25, -0.2) is 14.0 Å². The highest BCUT2D eigenvalue weighted by molar-refractivity contribution is 5.71. The molecular formula is C21H31FN2O4. The fraction of sp³-hybridized carbons (Fsp3) is 0.619. The number of rotatable bonds is 1. The van der Waals surface area contributed by atoms with Crippen LogP contribution in [0.2, 0.25) is 0 Å². The van der Waals surface area contributed by atoms with Crippen molar-refractivity contribution in [3.8, 4) is 0 Å². The number of ether oxygens (including phenoxy) is 2. The SMILES string of the molecule is Cc1cc(F)ccc1C1CN(C(=O)OC(C)(C)C)CCN1C(=O)OC(C)(C)C. The lowest BCUT2D eigenvalue weighted by Crippen LogP contribution is -2.54. The van der Waals surface area contributed by atoms with Crippen LogP contribution in [0, 0.1) is 12.7 Å². The molecule has 1 aliphatic rings. The van der Waals surface area contributed by atoms with E-state index >= 15 is 0 Å². The summed E-state index contributed by atoms with van der Waals surface area (Å²) in [5.41, 5.74) is 0.243. The molecule has 0 radical (unpaired) electrons. The van der Waals surface area contributed by atoms with Crippen molar-refractivity contribution in [2.45, 2.75) is 65.7 Å². The van der Waals surface area contributed by atoms with E-state index in [9.17, 15) is 14.0 Å². The standard InChI is InChI=1S/C21H31FN2O4/c1-14-12-15(22)8-9-16(14)17-13-23(18(25)27-20(2,3)4)10-11-24(17)19(26)28-21(5,6)7/h8-9,12,17H,10-11,13H2,1-7H3. The van der Waals surface area contributed by atoms with Gasteiger partial charge in [-0.2, -0.15) is 0 Å². The summed E-state index contributed by atoms with van der Waals surface area (Å²) in [7, 11) is 0. The van der Waals surface area contributed by atoms with Gasteiger partial charge in [-0.3, -0.25) is 4.90 Å². The third-order valence-electron chi connectivity index (χ3n) is 4.25. The molecule has 0 saturated carbocycles. The van der Waals surface area contributed by atoms with Crippen LogP contribution < -0.4 is 0 Å². The van der Waals surface area contributed by atoms with Crippen molar-refractivity contribution in [1.82, 2.24) is 9.80 Å². The lowest BCUT2D eigenvalue weighted by molar-refractivity contribution is -0.0153. The first-order valence-corrected chi connectivity index (χ1v) is 9.50. The number of carbonyl (C=O) groups is 2. The summed E-state index contributed by atoms with van der Waals surface area (Å²) in [5.74, 6) is -0.343. The molecule has 0 aromatic heterocycles. The van der Waals surface area contributed by atoms with E-state index in [-0.39, 0.29) is 12.4 Å². The smallest absolute Gasteiger partial charge is 0.410 e. The molecule has 1 fully saturated rings. The summed E-state index contributed by atoms with van der Waals surface area (Å²) in [6, 6.07) is 4.00. The third kappa shape index (κ3) is 5.84. The molecule has 1 aliphatic heterocycles. The van der Waals surface area contributed by atoms with Gasteiger partial charge in [0, 0.05) is 19.6 Å². The molecular weight excluding hydrogens is 363 g/mol. The normalized spacial score (nSPS) is 18.1. The van der Waals surface area contributed by atoms with Crippen molar-refractivity contribution >= 4 is 12.2 Å². The average Bonchev–Trinajstić information content (AvgIpc) is 2.51. The van der Waals surface area contributed by atoms with E-state index in [0.717, 1.165) is 5.56 Å². The van der Waals surface area contributed by atoms with Crippen molar-refractivity contribution in [3.05, 3.63) is 35.1 Å². The van der Waals surface area contributed by atoms with Crippen LogP contribution in [0.25, 0.3) is 0 Å². The molecule has 1 aromatic rings. The van der Waals surface area contributed by atoms with Gasteiger partial charge in [0.1, 0.15) is 17.0 Å². The van der Waals surface area contributed by atoms with Crippen molar-refractivity contribution in [2.24, 2.45) is 0 Å². The van der Waals surface area contributed by atoms with Gasteiger partial charge < -0.3 is 14.4 Å². The van der Waals surface area contributed by atoms with E-state index in [0.29, 0.717) is 18.7 Å². The van der Waals surface area contributed by atoms with Crippen LogP contribution in [-0.2, 0) is 9.47 Å². The zero-order valence-electron chi connectivity index (χ0n) is 17.8. The molecule has 0 spiro atoms. The van der Waals surface area contributed by atoms with Crippen LogP contribution in [0.4, 0.5) is 14.0 Å². The van der Waals surface area contributed by atoms with E-state index in [1.165, 1.54) is 12.1 Å². The van der Waals surface area contributed by atoms with Crippen molar-refractivity contribution < 1.29 is 23.5 Å². The highest BCUT2D eigenvalue weighted by atomic mass is 19.1. The number of carbonyl (C=O) groups excluding carboxylic acids is 2. The van der Waals surface area contributed by atoms with Crippen LogP contribution in [-0.4, -0.2) is 52.8 Å². The minimum atomic E-state index is -0.637. The van der Waals surface area contributed by atoms with E-state index in [1.54, 1.807) is 43.6 Å². The number of amides is 2. The average molecular weight is 394 g/mol. The summed E-state index contributed by atoms with van der Waals surface area (Å²) < 4.78 is 24.6. The van der Waals surface area contributed by atoms with Crippen LogP contribution in [0.3, 0.4) is 0 Å². The largest absolute Gasteiger partial charge is 0.444 e. The number of benzene rings is 1. The summed E-state index contributed by atoms with van der Waals surface area (Å²) in [6.07, 6.45) is -0.883. The minimum Gasteiger partial charge on any atom is -0.444 e. The predicted octanol–water partition coefficient (Wildman–Crippen LogP) is 4.66. The fourth-order valence-corrected chi connectivity index (χ4v) is 3.09. The van der Waals surface area contributed by atoms with E-state index in [4.69, 9.17) is 9.47 Å². The van der Waals surface area contributed by atoms with Gasteiger partial charge in [0.05, 0.1) is 6.04 Å². The van der Waals surface area contributed by atoms with Crippen molar-refractivity contribution in [1.29, 1.82) is 0 Å². The molecule has 7 heteroatoms. The molecule has 2 amide bonds. The minimum absolute atomic E-state index is 0.251. The van der Waals surface area contributed by atoms with Crippen LogP contribution in [0.1, 0.15) is 58.7 Å². The topological polar surface area (TPSA) is 59.1 Å². The maximum Gasteiger partial charge on any atom is 0.410 e. The molecule has 2 rings (SSSR count). The molecule has 28 heavy (non-hydrogen) atoms. The summed E-state index contributed by atoms with van der Waals surface area (Å²) in [4.78, 5) is 28.5. The number of halogens is 1. The Bertz CT molecular complexity index is 737. The summed E-state index contributed by atoms with van der Waals surface area (Å²) in [6.45, 7) is 13.5. The Kier molecular flexibility index (Phi) is 6.26. The van der Waals surface area contributed by atoms with E-state index < -0.39 is 29.4 Å². The Labute approximate surface area is 166 Å². The Morgan fingerprint density at radius 1 is 1.00 bits per heavy atom. The monoisotopic (exact) mass is 394 g/mol. The Morgan fingerprint density at radius 3 is 2.11 bits per heavy atom. The lowest BCUT2D eigenvalue weighted by Gasteiger charge is -2.42. The number of hydrogen-bond acceptors (Lipinski definition) is 4. The van der Waals surface area contributed by atoms with Gasteiger partial charge in [0.25, 0.3) is 0 Å². The Balaban J connectivity index is 2.31.